The van der Waals surface area contributed by atoms with Gasteiger partial charge in [0.05, 0.1) is 12.3 Å². The molecule has 0 amide bonds. The Hall–Kier alpha value is -1.58. The maximum atomic E-state index is 10.7. The minimum Gasteiger partial charge on any atom is -0.494 e. The average molecular weight is 222 g/mol. The fourth-order valence-corrected chi connectivity index (χ4v) is 1.65. The number of nitroso groups, excluding NO2 is 1. The lowest BCUT2D eigenvalue weighted by atomic mass is 10.2. The molecule has 0 aliphatic rings. The average Bonchev–Trinajstić information content (AvgIpc) is 2.31. The number of ether oxygens (including phenoxy) is 1. The summed E-state index contributed by atoms with van der Waals surface area (Å²) in [5, 5.41) is 3.04. The summed E-state index contributed by atoms with van der Waals surface area (Å²) in [7, 11) is 0. The van der Waals surface area contributed by atoms with Gasteiger partial charge in [-0.25, -0.2) is 0 Å². The normalized spacial score (nSPS) is 9.94. The molecule has 4 nitrogen and oxygen atoms in total. The Morgan fingerprint density at radius 1 is 1.25 bits per heavy atom. The summed E-state index contributed by atoms with van der Waals surface area (Å²) in [5.41, 5.74) is 1.30. The van der Waals surface area contributed by atoms with E-state index in [0.29, 0.717) is 12.3 Å². The van der Waals surface area contributed by atoms with E-state index in [-0.39, 0.29) is 0 Å². The van der Waals surface area contributed by atoms with Crippen LogP contribution in [-0.2, 0) is 0 Å². The summed E-state index contributed by atoms with van der Waals surface area (Å²) in [6.45, 7) is 8.33. The van der Waals surface area contributed by atoms with Crippen LogP contribution in [0.1, 0.15) is 20.8 Å². The Labute approximate surface area is 96.2 Å². The van der Waals surface area contributed by atoms with Gasteiger partial charge in [0, 0.05) is 19.2 Å². The molecule has 88 valence electrons. The van der Waals surface area contributed by atoms with Gasteiger partial charge in [0.2, 0.25) is 0 Å². The van der Waals surface area contributed by atoms with E-state index in [2.05, 4.69) is 10.1 Å². The van der Waals surface area contributed by atoms with Gasteiger partial charge in [-0.15, -0.1) is 4.91 Å². The lowest BCUT2D eigenvalue weighted by Gasteiger charge is -2.22. The third-order valence-corrected chi connectivity index (χ3v) is 2.46. The van der Waals surface area contributed by atoms with E-state index in [1.807, 2.05) is 26.8 Å². The van der Waals surface area contributed by atoms with E-state index in [1.165, 1.54) is 0 Å². The Morgan fingerprint density at radius 3 is 2.44 bits per heavy atom. The molecule has 0 atom stereocenters. The molecule has 0 aromatic heterocycles. The SMILES string of the molecule is CCOc1ccc(N=O)c(N(CC)CC)c1. The van der Waals surface area contributed by atoms with Crippen LogP contribution in [0.15, 0.2) is 23.4 Å². The standard InChI is InChI=1S/C12H18N2O2/c1-4-14(5-2)12-9-10(16-6-3)7-8-11(12)13-15/h7-9H,4-6H2,1-3H3. The van der Waals surface area contributed by atoms with Crippen molar-refractivity contribution < 1.29 is 4.74 Å². The molecule has 0 fully saturated rings. The van der Waals surface area contributed by atoms with Crippen molar-refractivity contribution in [2.75, 3.05) is 24.6 Å². The third kappa shape index (κ3) is 2.72. The van der Waals surface area contributed by atoms with E-state index in [9.17, 15) is 4.91 Å². The van der Waals surface area contributed by atoms with Crippen molar-refractivity contribution in [1.29, 1.82) is 0 Å². The molecular formula is C12H18N2O2. The van der Waals surface area contributed by atoms with Crippen LogP contribution in [0.25, 0.3) is 0 Å². The van der Waals surface area contributed by atoms with Crippen molar-refractivity contribution in [3.63, 3.8) is 0 Å². The van der Waals surface area contributed by atoms with Gasteiger partial charge in [-0.05, 0) is 38.1 Å². The highest BCUT2D eigenvalue weighted by Gasteiger charge is 2.10. The Morgan fingerprint density at radius 2 is 1.94 bits per heavy atom. The molecule has 4 heteroatoms. The van der Waals surface area contributed by atoms with Gasteiger partial charge in [0.1, 0.15) is 11.4 Å². The molecule has 1 aromatic carbocycles. The molecule has 16 heavy (non-hydrogen) atoms. The van der Waals surface area contributed by atoms with Gasteiger partial charge in [0.15, 0.2) is 0 Å². The van der Waals surface area contributed by atoms with Crippen LogP contribution in [0, 0.1) is 4.91 Å². The van der Waals surface area contributed by atoms with E-state index in [1.54, 1.807) is 12.1 Å². The molecule has 0 N–H and O–H groups in total. The van der Waals surface area contributed by atoms with Gasteiger partial charge in [-0.2, -0.15) is 0 Å². The minimum atomic E-state index is 0.465. The smallest absolute Gasteiger partial charge is 0.131 e. The van der Waals surface area contributed by atoms with Crippen molar-refractivity contribution in [3.8, 4) is 5.75 Å². The summed E-state index contributed by atoms with van der Waals surface area (Å²) >= 11 is 0. The topological polar surface area (TPSA) is 41.9 Å². The van der Waals surface area contributed by atoms with Crippen molar-refractivity contribution in [1.82, 2.24) is 0 Å². The Balaban J connectivity index is 3.09. The van der Waals surface area contributed by atoms with Crippen LogP contribution >= 0.6 is 0 Å². The Bertz CT molecular complexity index is 349. The minimum absolute atomic E-state index is 0.465. The molecule has 0 bridgehead atoms. The first kappa shape index (κ1) is 12.5. The number of hydrogen-bond acceptors (Lipinski definition) is 4. The predicted molar refractivity (Wildman–Crippen MR) is 66.6 cm³/mol. The van der Waals surface area contributed by atoms with Gasteiger partial charge in [0.25, 0.3) is 0 Å². The van der Waals surface area contributed by atoms with E-state index in [4.69, 9.17) is 4.74 Å². The highest BCUT2D eigenvalue weighted by atomic mass is 16.5. The second kappa shape index (κ2) is 6.10. The Kier molecular flexibility index (Phi) is 4.76. The first-order valence-electron chi connectivity index (χ1n) is 5.61. The lowest BCUT2D eigenvalue weighted by Crippen LogP contribution is -2.21. The van der Waals surface area contributed by atoms with Crippen molar-refractivity contribution in [3.05, 3.63) is 23.1 Å². The first-order valence-corrected chi connectivity index (χ1v) is 5.61. The highest BCUT2D eigenvalue weighted by molar-refractivity contribution is 5.69. The summed E-state index contributed by atoms with van der Waals surface area (Å²) in [5.74, 6) is 0.775. The molecule has 1 rings (SSSR count). The zero-order chi connectivity index (χ0) is 12.0. The van der Waals surface area contributed by atoms with Crippen molar-refractivity contribution in [2.24, 2.45) is 5.18 Å². The van der Waals surface area contributed by atoms with Gasteiger partial charge in [-0.1, -0.05) is 0 Å². The molecule has 0 spiro atoms. The zero-order valence-corrected chi connectivity index (χ0v) is 10.1. The zero-order valence-electron chi connectivity index (χ0n) is 10.1. The maximum Gasteiger partial charge on any atom is 0.131 e. The van der Waals surface area contributed by atoms with E-state index >= 15 is 0 Å². The molecule has 0 aliphatic carbocycles. The van der Waals surface area contributed by atoms with Crippen LogP contribution in [0.4, 0.5) is 11.4 Å². The first-order chi connectivity index (χ1) is 7.76. The molecule has 0 radical (unpaired) electrons. The van der Waals surface area contributed by atoms with Gasteiger partial charge in [-0.3, -0.25) is 0 Å². The van der Waals surface area contributed by atoms with Crippen molar-refractivity contribution >= 4 is 11.4 Å². The summed E-state index contributed by atoms with van der Waals surface area (Å²) in [6.07, 6.45) is 0. The van der Waals surface area contributed by atoms with Crippen LogP contribution in [0.5, 0.6) is 5.75 Å². The monoisotopic (exact) mass is 222 g/mol. The van der Waals surface area contributed by atoms with Crippen LogP contribution in [0.2, 0.25) is 0 Å². The summed E-state index contributed by atoms with van der Waals surface area (Å²) in [6, 6.07) is 5.34. The fraction of sp³-hybridized carbons (Fsp3) is 0.500. The number of rotatable bonds is 6. The summed E-state index contributed by atoms with van der Waals surface area (Å²) in [4.78, 5) is 12.8. The lowest BCUT2D eigenvalue weighted by molar-refractivity contribution is 0.340. The number of hydrogen-bond donors (Lipinski definition) is 0. The molecular weight excluding hydrogens is 204 g/mol. The number of nitrogens with zero attached hydrogens (tertiary/aromatic N) is 2. The largest absolute Gasteiger partial charge is 0.494 e. The highest BCUT2D eigenvalue weighted by Crippen LogP contribution is 2.32. The summed E-state index contributed by atoms with van der Waals surface area (Å²) < 4.78 is 5.41. The number of benzene rings is 1. The number of anilines is 1. The van der Waals surface area contributed by atoms with Crippen LogP contribution in [0.3, 0.4) is 0 Å². The second-order valence-electron chi connectivity index (χ2n) is 3.35. The van der Waals surface area contributed by atoms with E-state index in [0.717, 1.165) is 24.5 Å². The van der Waals surface area contributed by atoms with Gasteiger partial charge < -0.3 is 9.64 Å². The van der Waals surface area contributed by atoms with E-state index < -0.39 is 0 Å². The molecule has 0 aliphatic heterocycles. The van der Waals surface area contributed by atoms with Gasteiger partial charge >= 0.3 is 0 Å². The molecule has 0 saturated heterocycles. The molecule has 0 heterocycles. The second-order valence-corrected chi connectivity index (χ2v) is 3.35. The van der Waals surface area contributed by atoms with Crippen LogP contribution < -0.4 is 9.64 Å². The molecule has 0 saturated carbocycles. The van der Waals surface area contributed by atoms with Crippen molar-refractivity contribution in [2.45, 2.75) is 20.8 Å². The predicted octanol–water partition coefficient (Wildman–Crippen LogP) is 3.33. The molecule has 0 unspecified atom stereocenters. The molecule has 1 aromatic rings. The fourth-order valence-electron chi connectivity index (χ4n) is 1.65. The quantitative estimate of drug-likeness (QED) is 0.693. The maximum absolute atomic E-state index is 10.7. The van der Waals surface area contributed by atoms with Crippen LogP contribution in [-0.4, -0.2) is 19.7 Å². The third-order valence-electron chi connectivity index (χ3n) is 2.46.